The average molecular weight is 516 g/mol. The normalized spacial score (nSPS) is 12.0. The lowest BCUT2D eigenvalue weighted by Gasteiger charge is -2.12. The Morgan fingerprint density at radius 1 is 0.622 bits per heavy atom. The Hall–Kier alpha value is -3.15. The molecule has 0 atom stereocenters. The van der Waals surface area contributed by atoms with Crippen molar-refractivity contribution >= 4 is 29.7 Å². The molecule has 7 heteroatoms. The number of rotatable bonds is 11. The summed E-state index contributed by atoms with van der Waals surface area (Å²) >= 11 is 0. The van der Waals surface area contributed by atoms with E-state index in [2.05, 4.69) is 82.2 Å². The quantitative estimate of drug-likeness (QED) is 0.156. The van der Waals surface area contributed by atoms with Gasteiger partial charge in [0.1, 0.15) is 6.54 Å². The first-order valence-electron chi connectivity index (χ1n) is 13.0. The van der Waals surface area contributed by atoms with Crippen LogP contribution >= 0.6 is 7.94 Å². The van der Waals surface area contributed by atoms with Crippen LogP contribution in [-0.2, 0) is 19.6 Å². The third-order valence-corrected chi connectivity index (χ3v) is 7.78. The van der Waals surface area contributed by atoms with Crippen LogP contribution < -0.4 is 14.0 Å². The minimum atomic E-state index is -3.98. The molecule has 3 aromatic heterocycles. The van der Waals surface area contributed by atoms with E-state index in [1.54, 1.807) is 4.57 Å². The summed E-state index contributed by atoms with van der Waals surface area (Å²) < 4.78 is 6.51. The Kier molecular flexibility index (Phi) is 7.92. The lowest BCUT2D eigenvalue weighted by Crippen LogP contribution is -2.36. The maximum Gasteiger partial charge on any atom is 0.236 e. The zero-order valence-corrected chi connectivity index (χ0v) is 21.9. The maximum absolute atomic E-state index is 11.1. The van der Waals surface area contributed by atoms with Crippen molar-refractivity contribution in [3.8, 4) is 11.1 Å². The largest absolute Gasteiger partial charge is 0.632 e. The van der Waals surface area contributed by atoms with Gasteiger partial charge in [-0.25, -0.2) is 18.9 Å². The first-order valence-corrected chi connectivity index (χ1v) is 14.8. The van der Waals surface area contributed by atoms with Crippen LogP contribution in [0.4, 0.5) is 0 Å². The van der Waals surface area contributed by atoms with Gasteiger partial charge >= 0.3 is 0 Å². The molecule has 2 N–H and O–H groups in total. The predicted molar refractivity (Wildman–Crippen MR) is 146 cm³/mol. The summed E-state index contributed by atoms with van der Waals surface area (Å²) in [6.45, 7) is 2.36. The topological polar surface area (TPSA) is 76.2 Å². The van der Waals surface area contributed by atoms with E-state index >= 15 is 0 Å². The number of nitrogens with zero attached hydrogens (tertiary/aromatic N) is 3. The van der Waals surface area contributed by atoms with Gasteiger partial charge in [0.2, 0.25) is 7.94 Å². The summed E-state index contributed by atoms with van der Waals surface area (Å²) in [5.74, 6) is 0. The highest BCUT2D eigenvalue weighted by molar-refractivity contribution is 7.57. The second kappa shape index (κ2) is 11.5. The van der Waals surface area contributed by atoms with Crippen molar-refractivity contribution in [2.75, 3.05) is 6.16 Å². The fraction of sp³-hybridized carbons (Fsp3) is 0.267. The van der Waals surface area contributed by atoms with Gasteiger partial charge in [-0.05, 0) is 36.1 Å². The molecule has 0 amide bonds. The van der Waals surface area contributed by atoms with Crippen molar-refractivity contribution in [3.63, 3.8) is 0 Å². The van der Waals surface area contributed by atoms with Gasteiger partial charge in [-0.15, -0.1) is 0 Å². The highest BCUT2D eigenvalue weighted by Gasteiger charge is 2.20. The van der Waals surface area contributed by atoms with Gasteiger partial charge in [0.25, 0.3) is 0 Å². The molecule has 0 bridgehead atoms. The van der Waals surface area contributed by atoms with E-state index in [-0.39, 0.29) is 6.16 Å². The number of hydrogen-bond acceptors (Lipinski definition) is 3. The van der Waals surface area contributed by atoms with Crippen molar-refractivity contribution in [1.29, 1.82) is 0 Å². The van der Waals surface area contributed by atoms with Gasteiger partial charge in [-0.1, -0.05) is 42.8 Å². The van der Waals surface area contributed by atoms with E-state index in [1.807, 2.05) is 24.5 Å². The van der Waals surface area contributed by atoms with Crippen LogP contribution in [0.2, 0.25) is 0 Å². The van der Waals surface area contributed by atoms with E-state index in [9.17, 15) is 4.89 Å². The number of benzene rings is 2. The predicted octanol–water partition coefficient (Wildman–Crippen LogP) is 4.40. The van der Waals surface area contributed by atoms with E-state index in [0.717, 1.165) is 30.6 Å². The second-order valence-corrected chi connectivity index (χ2v) is 11.4. The molecule has 0 radical (unpaired) electrons. The summed E-state index contributed by atoms with van der Waals surface area (Å²) in [5.41, 5.74) is 4.87. The van der Waals surface area contributed by atoms with Crippen molar-refractivity contribution in [3.05, 3.63) is 97.6 Å². The summed E-state index contributed by atoms with van der Waals surface area (Å²) in [6.07, 6.45) is 12.6. The molecule has 6 nitrogen and oxygen atoms in total. The minimum Gasteiger partial charge on any atom is -0.632 e. The Bertz CT molecular complexity index is 1410. The maximum atomic E-state index is 11.1. The molecule has 2 aromatic carbocycles. The molecular formula is C30H34N3O3P+2. The van der Waals surface area contributed by atoms with Crippen molar-refractivity contribution in [2.24, 2.45) is 0 Å². The fourth-order valence-corrected chi connectivity index (χ4v) is 5.50. The molecule has 0 aliphatic rings. The molecule has 3 heterocycles. The zero-order chi connectivity index (χ0) is 25.7. The van der Waals surface area contributed by atoms with Crippen LogP contribution in [0, 0.1) is 0 Å². The van der Waals surface area contributed by atoms with Crippen LogP contribution in [0.5, 0.6) is 0 Å². The summed E-state index contributed by atoms with van der Waals surface area (Å²) in [7, 11) is -3.98. The molecule has 0 aliphatic heterocycles. The van der Waals surface area contributed by atoms with Gasteiger partial charge in [0.05, 0.1) is 0 Å². The van der Waals surface area contributed by atoms with Crippen LogP contribution in [0.3, 0.4) is 0 Å². The van der Waals surface area contributed by atoms with Crippen LogP contribution in [0.25, 0.3) is 32.9 Å². The molecule has 0 saturated carbocycles. The first-order chi connectivity index (χ1) is 18.0. The zero-order valence-electron chi connectivity index (χ0n) is 21.0. The number of para-hydroxylation sites is 2. The van der Waals surface area contributed by atoms with E-state index in [0.29, 0.717) is 6.54 Å². The molecular weight excluding hydrogens is 481 g/mol. The van der Waals surface area contributed by atoms with Gasteiger partial charge in [0.15, 0.2) is 37.5 Å². The summed E-state index contributed by atoms with van der Waals surface area (Å²) in [5, 5.41) is 2.68. The summed E-state index contributed by atoms with van der Waals surface area (Å²) in [4.78, 5) is 29.2. The summed E-state index contributed by atoms with van der Waals surface area (Å²) in [6, 6.07) is 25.6. The SMILES string of the molecule is [O-][P+](O)(O)CC[n+]1ccc(-c2cc[n+](CCCCCCn3c4ccccc4c4ccccc43)cc2)cc1. The lowest BCUT2D eigenvalue weighted by molar-refractivity contribution is -0.697. The smallest absolute Gasteiger partial charge is 0.236 e. The molecule has 0 saturated heterocycles. The molecule has 0 fully saturated rings. The van der Waals surface area contributed by atoms with Crippen LogP contribution in [0.15, 0.2) is 97.6 Å². The monoisotopic (exact) mass is 515 g/mol. The lowest BCUT2D eigenvalue weighted by atomic mass is 10.1. The molecule has 0 spiro atoms. The molecule has 37 heavy (non-hydrogen) atoms. The number of aryl methyl sites for hydroxylation is 3. The second-order valence-electron chi connectivity index (χ2n) is 9.64. The Labute approximate surface area is 218 Å². The number of hydrogen-bond donors (Lipinski definition) is 2. The van der Waals surface area contributed by atoms with Crippen molar-refractivity contribution < 1.29 is 23.8 Å². The van der Waals surface area contributed by atoms with Gasteiger partial charge in [-0.2, -0.15) is 0 Å². The number of fused-ring (bicyclic) bond motifs is 3. The Balaban J connectivity index is 1.08. The fourth-order valence-electron chi connectivity index (χ4n) is 5.01. The number of pyridine rings is 2. The van der Waals surface area contributed by atoms with Crippen LogP contribution in [0.1, 0.15) is 25.7 Å². The highest BCUT2D eigenvalue weighted by Crippen LogP contribution is 2.38. The molecule has 0 unspecified atom stereocenters. The third-order valence-electron chi connectivity index (χ3n) is 6.99. The van der Waals surface area contributed by atoms with Gasteiger partial charge < -0.3 is 9.46 Å². The Morgan fingerprint density at radius 2 is 1.11 bits per heavy atom. The van der Waals surface area contributed by atoms with Gasteiger partial charge in [0, 0.05) is 59.0 Å². The molecule has 0 aliphatic carbocycles. The van der Waals surface area contributed by atoms with Crippen molar-refractivity contribution in [2.45, 2.75) is 45.3 Å². The first kappa shape index (κ1) is 25.5. The highest BCUT2D eigenvalue weighted by atomic mass is 31.2. The number of unbranched alkanes of at least 4 members (excludes halogenated alkanes) is 3. The molecule has 5 rings (SSSR count). The van der Waals surface area contributed by atoms with Crippen molar-refractivity contribution in [1.82, 2.24) is 4.57 Å². The molecule has 5 aromatic rings. The minimum absolute atomic E-state index is 0.150. The standard InChI is InChI=1S/C30H32N3O3P/c34-37(35,36)24-23-32-21-15-26(16-22-32)25-13-19-31(20-14-25)17-7-1-2-8-18-33-29-11-5-3-9-27(29)28-10-4-6-12-30(28)33/h3-6,9-16,19-22H,1-2,7-8,17-18,23-24H2/p+2. The van der Waals surface area contributed by atoms with E-state index in [4.69, 9.17) is 9.79 Å². The van der Waals surface area contributed by atoms with Gasteiger partial charge in [-0.3, -0.25) is 0 Å². The number of aromatic nitrogens is 3. The van der Waals surface area contributed by atoms with Crippen LogP contribution in [-0.4, -0.2) is 20.5 Å². The van der Waals surface area contributed by atoms with E-state index in [1.165, 1.54) is 41.1 Å². The van der Waals surface area contributed by atoms with E-state index < -0.39 is 7.94 Å². The third kappa shape index (κ3) is 6.41. The Morgan fingerprint density at radius 3 is 1.65 bits per heavy atom. The molecule has 190 valence electrons. The average Bonchev–Trinajstić information content (AvgIpc) is 3.23.